The zero-order valence-electron chi connectivity index (χ0n) is 20.2. The van der Waals surface area contributed by atoms with Gasteiger partial charge >= 0.3 is 10.2 Å². The van der Waals surface area contributed by atoms with Gasteiger partial charge in [0.05, 0.1) is 28.4 Å². The lowest BCUT2D eigenvalue weighted by Gasteiger charge is -2.17. The summed E-state index contributed by atoms with van der Waals surface area (Å²) in [7, 11) is -3.92. The van der Waals surface area contributed by atoms with Crippen molar-refractivity contribution in [3.8, 4) is 17.2 Å². The average molecular weight is 531 g/mol. The van der Waals surface area contributed by atoms with Gasteiger partial charge in [0.15, 0.2) is 11.6 Å². The van der Waals surface area contributed by atoms with Crippen molar-refractivity contribution in [2.75, 3.05) is 17.8 Å². The highest BCUT2D eigenvalue weighted by molar-refractivity contribution is 7.90. The number of fused-ring (bicyclic) bond motifs is 1. The van der Waals surface area contributed by atoms with Gasteiger partial charge in [-0.1, -0.05) is 12.1 Å². The van der Waals surface area contributed by atoms with Crippen LogP contribution in [0.4, 0.5) is 10.1 Å². The molecule has 1 aliphatic heterocycles. The van der Waals surface area contributed by atoms with E-state index in [0.717, 1.165) is 36.9 Å². The largest absolute Gasteiger partial charge is 0.345 e. The molecule has 4 aromatic rings. The second-order valence-corrected chi connectivity index (χ2v) is 11.3. The summed E-state index contributed by atoms with van der Waals surface area (Å²) in [6.07, 6.45) is 7.90. The van der Waals surface area contributed by atoms with E-state index in [1.165, 1.54) is 28.7 Å². The molecule has 0 amide bonds. The number of H-pyrrole nitrogens is 1. The van der Waals surface area contributed by atoms with Gasteiger partial charge in [-0.25, -0.2) is 9.37 Å². The first-order chi connectivity index (χ1) is 18.3. The maximum absolute atomic E-state index is 15.4. The van der Waals surface area contributed by atoms with Crippen LogP contribution in [0.1, 0.15) is 47.3 Å². The number of ketones is 1. The Morgan fingerprint density at radius 2 is 1.84 bits per heavy atom. The molecule has 0 unspecified atom stereocenters. The topological polar surface area (TPSA) is 132 Å². The van der Waals surface area contributed by atoms with Crippen LogP contribution >= 0.6 is 0 Å². The molecule has 1 saturated carbocycles. The van der Waals surface area contributed by atoms with Crippen LogP contribution in [0.25, 0.3) is 22.2 Å². The number of hydrogen-bond donors (Lipinski definition) is 2. The smallest absolute Gasteiger partial charge is 0.301 e. The number of rotatable bonds is 7. The third-order valence-corrected chi connectivity index (χ3v) is 8.74. The van der Waals surface area contributed by atoms with E-state index in [0.29, 0.717) is 29.7 Å². The van der Waals surface area contributed by atoms with E-state index in [1.54, 1.807) is 18.5 Å². The Morgan fingerprint density at radius 3 is 2.53 bits per heavy atom. The van der Waals surface area contributed by atoms with Crippen molar-refractivity contribution in [3.05, 3.63) is 77.6 Å². The van der Waals surface area contributed by atoms with Crippen LogP contribution in [0.2, 0.25) is 0 Å². The second-order valence-electron chi connectivity index (χ2n) is 9.66. The van der Waals surface area contributed by atoms with Gasteiger partial charge in [-0.3, -0.25) is 14.5 Å². The molecule has 9 nitrogen and oxygen atoms in total. The Kier molecular flexibility index (Phi) is 5.74. The molecule has 38 heavy (non-hydrogen) atoms. The normalized spacial score (nSPS) is 16.8. The fraction of sp³-hybridized carbons (Fsp3) is 0.259. The van der Waals surface area contributed by atoms with E-state index in [2.05, 4.69) is 25.7 Å². The molecule has 4 heterocycles. The van der Waals surface area contributed by atoms with E-state index in [-0.39, 0.29) is 16.8 Å². The third-order valence-electron chi connectivity index (χ3n) is 7.21. The molecule has 11 heteroatoms. The molecule has 0 spiro atoms. The molecule has 2 fully saturated rings. The zero-order valence-corrected chi connectivity index (χ0v) is 21.1. The van der Waals surface area contributed by atoms with Gasteiger partial charge in [0.2, 0.25) is 0 Å². The molecule has 1 saturated heterocycles. The first-order valence-corrected chi connectivity index (χ1v) is 13.7. The van der Waals surface area contributed by atoms with Gasteiger partial charge in [0, 0.05) is 53.8 Å². The summed E-state index contributed by atoms with van der Waals surface area (Å²) in [5.41, 5.74) is 1.86. The number of benzene rings is 1. The summed E-state index contributed by atoms with van der Waals surface area (Å²) < 4.78 is 44.2. The van der Waals surface area contributed by atoms with Crippen LogP contribution in [-0.2, 0) is 15.6 Å². The summed E-state index contributed by atoms with van der Waals surface area (Å²) in [4.78, 5) is 25.3. The molecule has 1 aromatic carbocycles. The van der Waals surface area contributed by atoms with Gasteiger partial charge in [-0.2, -0.15) is 18.0 Å². The van der Waals surface area contributed by atoms with E-state index < -0.39 is 27.2 Å². The highest BCUT2D eigenvalue weighted by Gasteiger charge is 2.46. The average Bonchev–Trinajstić information content (AvgIpc) is 3.31. The molecule has 3 aromatic heterocycles. The minimum Gasteiger partial charge on any atom is -0.345 e. The van der Waals surface area contributed by atoms with Crippen LogP contribution in [0.3, 0.4) is 0 Å². The van der Waals surface area contributed by atoms with Crippen LogP contribution in [0, 0.1) is 17.1 Å². The van der Waals surface area contributed by atoms with Crippen molar-refractivity contribution in [3.63, 3.8) is 0 Å². The van der Waals surface area contributed by atoms with Crippen molar-refractivity contribution < 1.29 is 17.6 Å². The van der Waals surface area contributed by atoms with E-state index in [1.807, 2.05) is 12.1 Å². The molecule has 2 aliphatic rings. The van der Waals surface area contributed by atoms with Crippen molar-refractivity contribution >= 4 is 32.7 Å². The number of pyridine rings is 2. The number of carbonyl (C=O) groups excluding carboxylic acids is 1. The summed E-state index contributed by atoms with van der Waals surface area (Å²) in [5, 5.41) is 9.91. The Balaban J connectivity index is 1.31. The monoisotopic (exact) mass is 530 g/mol. The third kappa shape index (κ3) is 4.12. The molecule has 0 bridgehead atoms. The Morgan fingerprint density at radius 1 is 1.08 bits per heavy atom. The highest BCUT2D eigenvalue weighted by atomic mass is 32.2. The summed E-state index contributed by atoms with van der Waals surface area (Å²) in [5.74, 6) is -1.54. The van der Waals surface area contributed by atoms with Crippen molar-refractivity contribution in [2.45, 2.75) is 31.1 Å². The Bertz CT molecular complexity index is 1720. The van der Waals surface area contributed by atoms with Crippen LogP contribution < -0.4 is 4.72 Å². The fourth-order valence-electron chi connectivity index (χ4n) is 4.81. The summed E-state index contributed by atoms with van der Waals surface area (Å²) in [6.45, 7) is 0.745. The molecule has 6 rings (SSSR count). The molecule has 2 N–H and O–H groups in total. The van der Waals surface area contributed by atoms with Crippen molar-refractivity contribution in [1.82, 2.24) is 19.3 Å². The number of hydrogen-bond acceptors (Lipinski definition) is 6. The maximum atomic E-state index is 15.4. The van der Waals surface area contributed by atoms with Gasteiger partial charge in [-0.05, 0) is 49.9 Å². The lowest BCUT2D eigenvalue weighted by Crippen LogP contribution is -2.33. The van der Waals surface area contributed by atoms with Gasteiger partial charge in [0.1, 0.15) is 5.65 Å². The predicted molar refractivity (Wildman–Crippen MR) is 139 cm³/mol. The standard InChI is InChI=1S/C27H23FN6O3S/c28-24-19(4-3-5-22(24)33-38(36,37)34-10-1-2-11-34)25(35)21-15-32-26-20(21)12-18(14-31-26)17-6-7-23(30-13-17)27(16-29)8-9-27/h3-7,12-15,33H,1-2,8-11H2,(H,31,32). The number of nitriles is 1. The zero-order chi connectivity index (χ0) is 26.5. The predicted octanol–water partition coefficient (Wildman–Crippen LogP) is 4.30. The minimum atomic E-state index is -3.92. The van der Waals surface area contributed by atoms with Crippen LogP contribution in [0.5, 0.6) is 0 Å². The highest BCUT2D eigenvalue weighted by Crippen LogP contribution is 2.46. The fourth-order valence-corrected chi connectivity index (χ4v) is 6.11. The SMILES string of the molecule is N#CC1(c2ccc(-c3cnc4[nH]cc(C(=O)c5cccc(NS(=O)(=O)N6CCCC6)c5F)c4c3)cn2)CC1. The number of aromatic nitrogens is 3. The summed E-state index contributed by atoms with van der Waals surface area (Å²) >= 11 is 0. The molecule has 192 valence electrons. The number of aromatic amines is 1. The molecule has 1 aliphatic carbocycles. The minimum absolute atomic E-state index is 0.207. The first kappa shape index (κ1) is 24.2. The van der Waals surface area contributed by atoms with Gasteiger partial charge in [-0.15, -0.1) is 0 Å². The molecular formula is C27H23FN6O3S. The van der Waals surface area contributed by atoms with Crippen molar-refractivity contribution in [2.24, 2.45) is 0 Å². The molecular weight excluding hydrogens is 507 g/mol. The molecule has 0 radical (unpaired) electrons. The van der Waals surface area contributed by atoms with E-state index in [4.69, 9.17) is 0 Å². The Labute approximate surface area is 218 Å². The Hall–Kier alpha value is -4.14. The number of anilines is 1. The van der Waals surface area contributed by atoms with Crippen molar-refractivity contribution in [1.29, 1.82) is 5.26 Å². The van der Waals surface area contributed by atoms with Crippen LogP contribution in [-0.4, -0.2) is 46.5 Å². The first-order valence-electron chi connectivity index (χ1n) is 12.3. The van der Waals surface area contributed by atoms with Crippen LogP contribution in [0.15, 0.2) is 55.0 Å². The molecule has 0 atom stereocenters. The number of carbonyl (C=O) groups is 1. The number of nitrogens with zero attached hydrogens (tertiary/aromatic N) is 4. The second kappa shape index (κ2) is 9.01. The lowest BCUT2D eigenvalue weighted by atomic mass is 9.99. The van der Waals surface area contributed by atoms with Gasteiger partial charge < -0.3 is 4.98 Å². The maximum Gasteiger partial charge on any atom is 0.301 e. The quantitative estimate of drug-likeness (QED) is 0.343. The van der Waals surface area contributed by atoms with Gasteiger partial charge in [0.25, 0.3) is 0 Å². The van der Waals surface area contributed by atoms with E-state index >= 15 is 4.39 Å². The van der Waals surface area contributed by atoms with E-state index in [9.17, 15) is 18.5 Å². The number of halogens is 1. The summed E-state index contributed by atoms with van der Waals surface area (Å²) in [6, 6.07) is 11.9. The number of nitrogens with one attached hydrogen (secondary N) is 2. The lowest BCUT2D eigenvalue weighted by molar-refractivity contribution is 0.103.